The lowest BCUT2D eigenvalue weighted by Crippen LogP contribution is -2.40. The van der Waals surface area contributed by atoms with E-state index in [0.717, 1.165) is 10.4 Å². The Kier molecular flexibility index (Phi) is 4.57. The predicted molar refractivity (Wildman–Crippen MR) is 77.2 cm³/mol. The molecular weight excluding hydrogens is 332 g/mol. The molecule has 1 aromatic rings. The summed E-state index contributed by atoms with van der Waals surface area (Å²) < 4.78 is 51.7. The molecule has 1 saturated heterocycles. The number of carbonyl (C=O) groups is 1. The highest BCUT2D eigenvalue weighted by Crippen LogP contribution is 2.27. The van der Waals surface area contributed by atoms with Crippen LogP contribution in [0.4, 0.5) is 0 Å². The summed E-state index contributed by atoms with van der Waals surface area (Å²) in [5.74, 6) is -1.21. The van der Waals surface area contributed by atoms with Crippen molar-refractivity contribution in [3.63, 3.8) is 0 Å². The lowest BCUT2D eigenvalue weighted by atomic mass is 10.2. The van der Waals surface area contributed by atoms with Crippen LogP contribution < -0.4 is 4.72 Å². The number of nitrogens with one attached hydrogen (secondary N) is 1. The number of nitrogens with zero attached hydrogens (tertiary/aromatic N) is 1. The number of rotatable bonds is 5. The van der Waals surface area contributed by atoms with Gasteiger partial charge >= 0.3 is 5.97 Å². The first kappa shape index (κ1) is 16.9. The molecule has 0 saturated carbocycles. The maximum Gasteiger partial charge on any atom is 0.322 e. The molecule has 1 fully saturated rings. The fourth-order valence-electron chi connectivity index (χ4n) is 2.33. The number of carboxylic acids is 1. The molecule has 2 N–H and O–H groups in total. The second-order valence-corrected chi connectivity index (χ2v) is 8.57. The molecule has 1 aliphatic heterocycles. The minimum Gasteiger partial charge on any atom is -0.480 e. The Bertz CT molecular complexity index is 788. The molecule has 0 bridgehead atoms. The van der Waals surface area contributed by atoms with Crippen LogP contribution in [0.25, 0.3) is 0 Å². The minimum absolute atomic E-state index is 0.0995. The molecule has 8 nitrogen and oxygen atoms in total. The molecule has 0 aliphatic carbocycles. The summed E-state index contributed by atoms with van der Waals surface area (Å²) in [6.07, 6.45) is 0.688. The number of hydrogen-bond acceptors (Lipinski definition) is 5. The van der Waals surface area contributed by atoms with E-state index in [0.29, 0.717) is 6.42 Å². The Labute approximate surface area is 128 Å². The van der Waals surface area contributed by atoms with Gasteiger partial charge < -0.3 is 5.11 Å². The Morgan fingerprint density at radius 3 is 2.50 bits per heavy atom. The SMILES string of the molecule is CNS(=O)(=O)c1cccc(S(=O)(=O)N2CCC[C@@H]2C(=O)O)c1. The summed E-state index contributed by atoms with van der Waals surface area (Å²) in [6, 6.07) is 3.74. The molecule has 0 spiro atoms. The highest BCUT2D eigenvalue weighted by molar-refractivity contribution is 7.90. The van der Waals surface area contributed by atoms with Crippen molar-refractivity contribution in [3.05, 3.63) is 24.3 Å². The zero-order valence-electron chi connectivity index (χ0n) is 11.8. The van der Waals surface area contributed by atoms with Crippen molar-refractivity contribution in [2.24, 2.45) is 0 Å². The maximum atomic E-state index is 12.6. The molecular formula is C12H16N2O6S2. The third-order valence-corrected chi connectivity index (χ3v) is 6.80. The summed E-state index contributed by atoms with van der Waals surface area (Å²) in [7, 11) is -6.63. The van der Waals surface area contributed by atoms with Gasteiger partial charge in [0.25, 0.3) is 0 Å². The fourth-order valence-corrected chi connectivity index (χ4v) is 4.88. The van der Waals surface area contributed by atoms with Gasteiger partial charge in [-0.15, -0.1) is 0 Å². The van der Waals surface area contributed by atoms with Gasteiger partial charge in [-0.1, -0.05) is 6.07 Å². The van der Waals surface area contributed by atoms with Crippen LogP contribution in [0.1, 0.15) is 12.8 Å². The summed E-state index contributed by atoms with van der Waals surface area (Å²) in [4.78, 5) is 10.7. The standard InChI is InChI=1S/C12H16N2O6S2/c1-13-21(17,18)9-4-2-5-10(8-9)22(19,20)14-7-3-6-11(14)12(15)16/h2,4-5,8,11,13H,3,6-7H2,1H3,(H,15,16)/t11-/m1/s1. The molecule has 0 radical (unpaired) electrons. The van der Waals surface area contributed by atoms with E-state index >= 15 is 0 Å². The molecule has 2 rings (SSSR count). The topological polar surface area (TPSA) is 121 Å². The van der Waals surface area contributed by atoms with Crippen LogP contribution in [-0.2, 0) is 24.8 Å². The van der Waals surface area contributed by atoms with E-state index in [1.165, 1.54) is 25.2 Å². The van der Waals surface area contributed by atoms with Crippen molar-refractivity contribution in [2.45, 2.75) is 28.7 Å². The van der Waals surface area contributed by atoms with Crippen LogP contribution in [-0.4, -0.2) is 51.9 Å². The Balaban J connectivity index is 2.47. The number of benzene rings is 1. The van der Waals surface area contributed by atoms with Crippen LogP contribution in [0.5, 0.6) is 0 Å². The largest absolute Gasteiger partial charge is 0.480 e. The van der Waals surface area contributed by atoms with Crippen LogP contribution >= 0.6 is 0 Å². The fraction of sp³-hybridized carbons (Fsp3) is 0.417. The first-order valence-electron chi connectivity index (χ1n) is 6.48. The molecule has 122 valence electrons. The quantitative estimate of drug-likeness (QED) is 0.762. The second-order valence-electron chi connectivity index (χ2n) is 4.79. The van der Waals surface area contributed by atoms with E-state index in [-0.39, 0.29) is 22.8 Å². The average Bonchev–Trinajstić information content (AvgIpc) is 2.98. The number of carboxylic acid groups (broad SMARTS) is 1. The number of hydrogen-bond donors (Lipinski definition) is 2. The van der Waals surface area contributed by atoms with E-state index in [2.05, 4.69) is 4.72 Å². The molecule has 1 aromatic carbocycles. The molecule has 0 unspecified atom stereocenters. The lowest BCUT2D eigenvalue weighted by Gasteiger charge is -2.21. The monoisotopic (exact) mass is 348 g/mol. The first-order chi connectivity index (χ1) is 10.2. The molecule has 1 heterocycles. The summed E-state index contributed by atoms with van der Waals surface area (Å²) in [6.45, 7) is 0.0995. The third-order valence-electron chi connectivity index (χ3n) is 3.48. The Morgan fingerprint density at radius 2 is 1.91 bits per heavy atom. The maximum absolute atomic E-state index is 12.6. The molecule has 1 atom stereocenters. The second kappa shape index (κ2) is 5.95. The highest BCUT2D eigenvalue weighted by atomic mass is 32.2. The first-order valence-corrected chi connectivity index (χ1v) is 9.41. The molecule has 0 aromatic heterocycles. The summed E-state index contributed by atoms with van der Waals surface area (Å²) in [5, 5.41) is 9.10. The molecule has 0 amide bonds. The van der Waals surface area contributed by atoms with E-state index in [1.807, 2.05) is 0 Å². The molecule has 10 heteroatoms. The molecule has 22 heavy (non-hydrogen) atoms. The van der Waals surface area contributed by atoms with E-state index in [4.69, 9.17) is 5.11 Å². The van der Waals surface area contributed by atoms with Crippen molar-refractivity contribution < 1.29 is 26.7 Å². The van der Waals surface area contributed by atoms with Crippen molar-refractivity contribution in [2.75, 3.05) is 13.6 Å². The van der Waals surface area contributed by atoms with Gasteiger partial charge in [0, 0.05) is 6.54 Å². The Morgan fingerprint density at radius 1 is 1.27 bits per heavy atom. The van der Waals surface area contributed by atoms with Gasteiger partial charge in [-0.3, -0.25) is 4.79 Å². The number of sulfonamides is 2. The van der Waals surface area contributed by atoms with Crippen molar-refractivity contribution in [3.8, 4) is 0 Å². The van der Waals surface area contributed by atoms with Gasteiger partial charge in [0.1, 0.15) is 6.04 Å². The van der Waals surface area contributed by atoms with E-state index < -0.39 is 32.1 Å². The Hall–Kier alpha value is -1.49. The van der Waals surface area contributed by atoms with E-state index in [9.17, 15) is 21.6 Å². The van der Waals surface area contributed by atoms with Crippen LogP contribution in [0.15, 0.2) is 34.1 Å². The van der Waals surface area contributed by atoms with E-state index in [1.54, 1.807) is 0 Å². The average molecular weight is 348 g/mol. The van der Waals surface area contributed by atoms with Gasteiger partial charge in [0.2, 0.25) is 20.0 Å². The predicted octanol–water partition coefficient (Wildman–Crippen LogP) is -0.168. The number of aliphatic carboxylic acids is 1. The van der Waals surface area contributed by atoms with Crippen molar-refractivity contribution in [1.29, 1.82) is 0 Å². The van der Waals surface area contributed by atoms with Crippen LogP contribution in [0, 0.1) is 0 Å². The van der Waals surface area contributed by atoms with Crippen LogP contribution in [0.3, 0.4) is 0 Å². The van der Waals surface area contributed by atoms with Crippen molar-refractivity contribution >= 4 is 26.0 Å². The highest BCUT2D eigenvalue weighted by Gasteiger charge is 2.39. The lowest BCUT2D eigenvalue weighted by molar-refractivity contribution is -0.140. The van der Waals surface area contributed by atoms with Crippen molar-refractivity contribution in [1.82, 2.24) is 9.03 Å². The zero-order valence-corrected chi connectivity index (χ0v) is 13.4. The van der Waals surface area contributed by atoms with Gasteiger partial charge in [0.15, 0.2) is 0 Å². The van der Waals surface area contributed by atoms with Gasteiger partial charge in [-0.25, -0.2) is 21.6 Å². The van der Waals surface area contributed by atoms with Crippen LogP contribution in [0.2, 0.25) is 0 Å². The normalized spacial score (nSPS) is 20.1. The van der Waals surface area contributed by atoms with Gasteiger partial charge in [0.05, 0.1) is 9.79 Å². The van der Waals surface area contributed by atoms with Gasteiger partial charge in [-0.2, -0.15) is 4.31 Å². The zero-order chi connectivity index (χ0) is 16.5. The third kappa shape index (κ3) is 3.00. The smallest absolute Gasteiger partial charge is 0.322 e. The molecule has 1 aliphatic rings. The summed E-state index contributed by atoms with van der Waals surface area (Å²) >= 11 is 0. The minimum atomic E-state index is -4.06. The summed E-state index contributed by atoms with van der Waals surface area (Å²) in [5.41, 5.74) is 0. The van der Waals surface area contributed by atoms with Gasteiger partial charge in [-0.05, 0) is 38.1 Å².